The van der Waals surface area contributed by atoms with Crippen molar-refractivity contribution in [3.05, 3.63) is 18.0 Å². The average Bonchev–Trinajstić information content (AvgIpc) is 2.93. The number of anilines is 1. The van der Waals surface area contributed by atoms with Crippen LogP contribution in [-0.4, -0.2) is 59.3 Å². The molecule has 2 aliphatic rings. The normalized spacial score (nSPS) is 26.3. The first-order valence-corrected chi connectivity index (χ1v) is 10.4. The van der Waals surface area contributed by atoms with E-state index in [1.165, 1.54) is 0 Å². The molecule has 2 unspecified atom stereocenters. The molecule has 1 aromatic rings. The molecule has 7 nitrogen and oxygen atoms in total. The molecule has 1 N–H and O–H groups in total. The van der Waals surface area contributed by atoms with Gasteiger partial charge in [-0.05, 0) is 38.2 Å². The van der Waals surface area contributed by atoms with Crippen LogP contribution >= 0.6 is 0 Å². The minimum absolute atomic E-state index is 0.0638. The molecular weight excluding hydrogens is 328 g/mol. The van der Waals surface area contributed by atoms with Gasteiger partial charge in [0.2, 0.25) is 5.95 Å². The van der Waals surface area contributed by atoms with Gasteiger partial charge in [0.25, 0.3) is 5.91 Å². The summed E-state index contributed by atoms with van der Waals surface area (Å²) in [6, 6.07) is 1.72. The summed E-state index contributed by atoms with van der Waals surface area (Å²) in [5, 5.41) is 3.05. The van der Waals surface area contributed by atoms with Crippen molar-refractivity contribution in [3.63, 3.8) is 0 Å². The third-order valence-electron chi connectivity index (χ3n) is 4.80. The van der Waals surface area contributed by atoms with Gasteiger partial charge < -0.3 is 10.2 Å². The maximum absolute atomic E-state index is 12.8. The zero-order valence-corrected chi connectivity index (χ0v) is 14.8. The van der Waals surface area contributed by atoms with Crippen LogP contribution in [0, 0.1) is 0 Å². The number of likely N-dealkylation sites (tertiary alicyclic amines) is 1. The Hall–Kier alpha value is -1.70. The highest BCUT2D eigenvalue weighted by Crippen LogP contribution is 2.22. The van der Waals surface area contributed by atoms with Crippen LogP contribution in [0.4, 0.5) is 5.95 Å². The van der Waals surface area contributed by atoms with Crippen molar-refractivity contribution < 1.29 is 13.2 Å². The first-order chi connectivity index (χ1) is 11.5. The van der Waals surface area contributed by atoms with E-state index in [0.29, 0.717) is 18.1 Å². The van der Waals surface area contributed by atoms with Crippen molar-refractivity contribution in [2.45, 2.75) is 51.1 Å². The number of carbonyl (C=O) groups excluding carboxylic acids is 1. The van der Waals surface area contributed by atoms with Gasteiger partial charge in [-0.25, -0.2) is 18.4 Å². The van der Waals surface area contributed by atoms with Crippen LogP contribution in [0.3, 0.4) is 0 Å². The molecule has 2 atom stereocenters. The van der Waals surface area contributed by atoms with E-state index in [1.807, 2.05) is 4.90 Å². The van der Waals surface area contributed by atoms with Crippen LogP contribution in [0.1, 0.15) is 49.5 Å². The smallest absolute Gasteiger partial charge is 0.272 e. The van der Waals surface area contributed by atoms with Gasteiger partial charge in [-0.3, -0.25) is 4.79 Å². The van der Waals surface area contributed by atoms with Crippen LogP contribution in [0.5, 0.6) is 0 Å². The van der Waals surface area contributed by atoms with Crippen molar-refractivity contribution in [1.82, 2.24) is 14.9 Å². The number of nitrogens with one attached hydrogen (secondary N) is 1. The van der Waals surface area contributed by atoms with E-state index in [9.17, 15) is 13.2 Å². The summed E-state index contributed by atoms with van der Waals surface area (Å²) in [4.78, 5) is 23.1. The van der Waals surface area contributed by atoms with E-state index < -0.39 is 9.84 Å². The topological polar surface area (TPSA) is 92.3 Å². The van der Waals surface area contributed by atoms with Gasteiger partial charge in [0, 0.05) is 24.8 Å². The molecule has 24 heavy (non-hydrogen) atoms. The molecule has 1 amide bonds. The van der Waals surface area contributed by atoms with Gasteiger partial charge in [0.05, 0.1) is 11.5 Å². The standard InChI is InChI=1S/C16H24N4O3S/c1-2-13-5-3-4-9-20(13)15(21)14-6-8-17-16(19-14)18-12-7-10-24(22,23)11-12/h6,8,12-13H,2-5,7,9-11H2,1H3,(H,17,18,19). The Kier molecular flexibility index (Phi) is 5.03. The first-order valence-electron chi connectivity index (χ1n) is 8.59. The van der Waals surface area contributed by atoms with Crippen molar-refractivity contribution in [2.75, 3.05) is 23.4 Å². The predicted molar refractivity (Wildman–Crippen MR) is 91.7 cm³/mol. The fourth-order valence-corrected chi connectivity index (χ4v) is 5.15. The average molecular weight is 352 g/mol. The van der Waals surface area contributed by atoms with E-state index in [2.05, 4.69) is 22.2 Å². The van der Waals surface area contributed by atoms with Gasteiger partial charge in [-0.15, -0.1) is 0 Å². The van der Waals surface area contributed by atoms with Crippen molar-refractivity contribution in [1.29, 1.82) is 0 Å². The molecule has 3 heterocycles. The highest BCUT2D eigenvalue weighted by Gasteiger charge is 2.29. The van der Waals surface area contributed by atoms with Crippen LogP contribution < -0.4 is 5.32 Å². The maximum atomic E-state index is 12.8. The van der Waals surface area contributed by atoms with Gasteiger partial charge in [0.1, 0.15) is 5.69 Å². The number of aromatic nitrogens is 2. The molecule has 0 aromatic carbocycles. The Morgan fingerprint density at radius 2 is 2.21 bits per heavy atom. The molecule has 2 aliphatic heterocycles. The van der Waals surface area contributed by atoms with E-state index in [0.717, 1.165) is 32.2 Å². The largest absolute Gasteiger partial charge is 0.350 e. The lowest BCUT2D eigenvalue weighted by atomic mass is 9.99. The molecule has 2 fully saturated rings. The van der Waals surface area contributed by atoms with E-state index in [-0.39, 0.29) is 29.5 Å². The molecule has 0 bridgehead atoms. The molecule has 0 saturated carbocycles. The maximum Gasteiger partial charge on any atom is 0.272 e. The second-order valence-corrected chi connectivity index (χ2v) is 8.79. The van der Waals surface area contributed by atoms with Gasteiger partial charge in [-0.2, -0.15) is 0 Å². The Labute approximate surface area is 142 Å². The molecule has 0 radical (unpaired) electrons. The summed E-state index contributed by atoms with van der Waals surface area (Å²) < 4.78 is 23.1. The van der Waals surface area contributed by atoms with Crippen LogP contribution in [0.25, 0.3) is 0 Å². The number of piperidine rings is 1. The Morgan fingerprint density at radius 1 is 1.38 bits per heavy atom. The van der Waals surface area contributed by atoms with Crippen LogP contribution in [0.15, 0.2) is 12.3 Å². The summed E-state index contributed by atoms with van der Waals surface area (Å²) in [6.45, 7) is 2.87. The quantitative estimate of drug-likeness (QED) is 0.882. The lowest BCUT2D eigenvalue weighted by Crippen LogP contribution is -2.43. The SMILES string of the molecule is CCC1CCCCN1C(=O)c1ccnc(NC2CCS(=O)(=O)C2)n1. The Morgan fingerprint density at radius 3 is 2.92 bits per heavy atom. The summed E-state index contributed by atoms with van der Waals surface area (Å²) in [6.07, 6.45) is 6.28. The lowest BCUT2D eigenvalue weighted by Gasteiger charge is -2.35. The zero-order valence-electron chi connectivity index (χ0n) is 13.9. The van der Waals surface area contributed by atoms with Gasteiger partial charge >= 0.3 is 0 Å². The number of hydrogen-bond donors (Lipinski definition) is 1. The first kappa shape index (κ1) is 17.1. The van der Waals surface area contributed by atoms with Crippen LogP contribution in [0.2, 0.25) is 0 Å². The minimum atomic E-state index is -2.96. The van der Waals surface area contributed by atoms with Gasteiger partial charge in [0.15, 0.2) is 9.84 Å². The molecule has 2 saturated heterocycles. The highest BCUT2D eigenvalue weighted by atomic mass is 32.2. The summed E-state index contributed by atoms with van der Waals surface area (Å²) in [5.41, 5.74) is 0.369. The molecule has 8 heteroatoms. The minimum Gasteiger partial charge on any atom is -0.350 e. The number of rotatable bonds is 4. The third-order valence-corrected chi connectivity index (χ3v) is 6.57. The number of nitrogens with zero attached hydrogens (tertiary/aromatic N) is 3. The van der Waals surface area contributed by atoms with Crippen LogP contribution in [-0.2, 0) is 9.84 Å². The highest BCUT2D eigenvalue weighted by molar-refractivity contribution is 7.91. The number of amides is 1. The molecule has 132 valence electrons. The number of sulfone groups is 1. The summed E-state index contributed by atoms with van der Waals surface area (Å²) >= 11 is 0. The zero-order chi connectivity index (χ0) is 17.2. The number of hydrogen-bond acceptors (Lipinski definition) is 6. The van der Waals surface area contributed by atoms with E-state index in [1.54, 1.807) is 12.3 Å². The van der Waals surface area contributed by atoms with Gasteiger partial charge in [-0.1, -0.05) is 6.92 Å². The van der Waals surface area contributed by atoms with Crippen molar-refractivity contribution in [2.24, 2.45) is 0 Å². The predicted octanol–water partition coefficient (Wildman–Crippen LogP) is 1.48. The van der Waals surface area contributed by atoms with E-state index >= 15 is 0 Å². The molecular formula is C16H24N4O3S. The second kappa shape index (κ2) is 7.04. The number of carbonyl (C=O) groups is 1. The summed E-state index contributed by atoms with van der Waals surface area (Å²) in [5.74, 6) is 0.549. The third kappa shape index (κ3) is 3.85. The molecule has 0 spiro atoms. The fourth-order valence-electron chi connectivity index (χ4n) is 3.48. The van der Waals surface area contributed by atoms with Crippen molar-refractivity contribution in [3.8, 4) is 0 Å². The fraction of sp³-hybridized carbons (Fsp3) is 0.688. The van der Waals surface area contributed by atoms with Crippen molar-refractivity contribution >= 4 is 21.7 Å². The Bertz CT molecular complexity index is 707. The summed E-state index contributed by atoms with van der Waals surface area (Å²) in [7, 11) is -2.96. The molecule has 3 rings (SSSR count). The van der Waals surface area contributed by atoms with E-state index in [4.69, 9.17) is 0 Å². The second-order valence-electron chi connectivity index (χ2n) is 6.57. The lowest BCUT2D eigenvalue weighted by molar-refractivity contribution is 0.0602. The molecule has 0 aliphatic carbocycles. The Balaban J connectivity index is 1.71. The molecule has 1 aromatic heterocycles. The monoisotopic (exact) mass is 352 g/mol.